The van der Waals surface area contributed by atoms with Crippen LogP contribution >= 0.6 is 0 Å². The van der Waals surface area contributed by atoms with Crippen LogP contribution in [0.2, 0.25) is 0 Å². The molecule has 0 saturated heterocycles. The lowest BCUT2D eigenvalue weighted by molar-refractivity contribution is -0.151. The molecule has 1 saturated carbocycles. The minimum atomic E-state index is -0.932. The van der Waals surface area contributed by atoms with Gasteiger partial charge in [-0.2, -0.15) is 5.26 Å². The first-order chi connectivity index (χ1) is 6.62. The van der Waals surface area contributed by atoms with Crippen LogP contribution in [0.4, 0.5) is 0 Å². The fourth-order valence-electron chi connectivity index (χ4n) is 1.39. The summed E-state index contributed by atoms with van der Waals surface area (Å²) in [4.78, 5) is 11.5. The van der Waals surface area contributed by atoms with Crippen molar-refractivity contribution in [3.8, 4) is 6.07 Å². The SMILES string of the molecule is CCOC(=O)C(C)(C#N)CCC1CC1. The maximum Gasteiger partial charge on any atom is 0.326 e. The van der Waals surface area contributed by atoms with Gasteiger partial charge in [-0.25, -0.2) is 0 Å². The highest BCUT2D eigenvalue weighted by Gasteiger charge is 2.36. The maximum atomic E-state index is 11.5. The van der Waals surface area contributed by atoms with Gasteiger partial charge < -0.3 is 4.74 Å². The van der Waals surface area contributed by atoms with Crippen molar-refractivity contribution in [3.63, 3.8) is 0 Å². The molecule has 1 aliphatic rings. The van der Waals surface area contributed by atoms with Gasteiger partial charge in [-0.15, -0.1) is 0 Å². The van der Waals surface area contributed by atoms with E-state index in [2.05, 4.69) is 6.07 Å². The molecule has 14 heavy (non-hydrogen) atoms. The van der Waals surface area contributed by atoms with Gasteiger partial charge in [0, 0.05) is 0 Å². The number of hydrogen-bond donors (Lipinski definition) is 0. The first kappa shape index (κ1) is 11.0. The van der Waals surface area contributed by atoms with Crippen LogP contribution in [0, 0.1) is 22.7 Å². The molecule has 0 aliphatic heterocycles. The average Bonchev–Trinajstić information content (AvgIpc) is 2.98. The van der Waals surface area contributed by atoms with Crippen molar-refractivity contribution < 1.29 is 9.53 Å². The number of nitriles is 1. The molecule has 1 atom stereocenters. The van der Waals surface area contributed by atoms with Crippen molar-refractivity contribution >= 4 is 5.97 Å². The van der Waals surface area contributed by atoms with E-state index >= 15 is 0 Å². The summed E-state index contributed by atoms with van der Waals surface area (Å²) >= 11 is 0. The van der Waals surface area contributed by atoms with E-state index in [1.807, 2.05) is 0 Å². The zero-order chi connectivity index (χ0) is 10.6. The summed E-state index contributed by atoms with van der Waals surface area (Å²) in [6.45, 7) is 3.78. The van der Waals surface area contributed by atoms with Crippen LogP contribution in [-0.4, -0.2) is 12.6 Å². The lowest BCUT2D eigenvalue weighted by atomic mass is 9.86. The second kappa shape index (κ2) is 4.45. The van der Waals surface area contributed by atoms with Crippen molar-refractivity contribution in [3.05, 3.63) is 0 Å². The third-order valence-corrected chi connectivity index (χ3v) is 2.72. The second-order valence-corrected chi connectivity index (χ2v) is 4.15. The Bertz CT molecular complexity index is 253. The smallest absolute Gasteiger partial charge is 0.326 e. The summed E-state index contributed by atoms with van der Waals surface area (Å²) in [5.41, 5.74) is -0.932. The first-order valence-electron chi connectivity index (χ1n) is 5.21. The van der Waals surface area contributed by atoms with E-state index in [1.165, 1.54) is 12.8 Å². The lowest BCUT2D eigenvalue weighted by Gasteiger charge is -2.18. The van der Waals surface area contributed by atoms with Crippen molar-refractivity contribution in [1.29, 1.82) is 5.26 Å². The van der Waals surface area contributed by atoms with Gasteiger partial charge in [0.1, 0.15) is 0 Å². The first-order valence-corrected chi connectivity index (χ1v) is 5.21. The number of carbonyl (C=O) groups excluding carboxylic acids is 1. The van der Waals surface area contributed by atoms with Crippen LogP contribution in [0.5, 0.6) is 0 Å². The average molecular weight is 195 g/mol. The molecule has 1 unspecified atom stereocenters. The van der Waals surface area contributed by atoms with E-state index in [1.54, 1.807) is 13.8 Å². The Hall–Kier alpha value is -1.04. The molecule has 0 spiro atoms. The molecule has 1 fully saturated rings. The molecular weight excluding hydrogens is 178 g/mol. The fraction of sp³-hybridized carbons (Fsp3) is 0.818. The Morgan fingerprint density at radius 3 is 2.71 bits per heavy atom. The van der Waals surface area contributed by atoms with Crippen molar-refractivity contribution in [1.82, 2.24) is 0 Å². The van der Waals surface area contributed by atoms with Gasteiger partial charge in [0.2, 0.25) is 0 Å². The van der Waals surface area contributed by atoms with Gasteiger partial charge in [0.05, 0.1) is 12.7 Å². The predicted molar refractivity (Wildman–Crippen MR) is 52.3 cm³/mol. The zero-order valence-corrected chi connectivity index (χ0v) is 8.88. The molecule has 0 bridgehead atoms. The number of hydrogen-bond acceptors (Lipinski definition) is 3. The molecule has 0 aromatic carbocycles. The largest absolute Gasteiger partial charge is 0.465 e. The Balaban J connectivity index is 2.45. The molecule has 3 nitrogen and oxygen atoms in total. The third kappa shape index (κ3) is 2.73. The van der Waals surface area contributed by atoms with Gasteiger partial charge >= 0.3 is 5.97 Å². The van der Waals surface area contributed by atoms with E-state index in [9.17, 15) is 4.79 Å². The molecule has 3 heteroatoms. The molecule has 0 heterocycles. The standard InChI is InChI=1S/C11H17NO2/c1-3-14-10(13)11(2,8-12)7-6-9-4-5-9/h9H,3-7H2,1-2H3. The summed E-state index contributed by atoms with van der Waals surface area (Å²) in [5, 5.41) is 8.96. The summed E-state index contributed by atoms with van der Waals surface area (Å²) < 4.78 is 4.89. The quantitative estimate of drug-likeness (QED) is 0.632. The Kier molecular flexibility index (Phi) is 3.51. The Morgan fingerprint density at radius 2 is 2.29 bits per heavy atom. The van der Waals surface area contributed by atoms with Crippen LogP contribution in [0.25, 0.3) is 0 Å². The summed E-state index contributed by atoms with van der Waals surface area (Å²) in [7, 11) is 0. The molecular formula is C11H17NO2. The summed E-state index contributed by atoms with van der Waals surface area (Å²) in [5.74, 6) is 0.375. The number of esters is 1. The molecule has 0 aromatic heterocycles. The van der Waals surface area contributed by atoms with Gasteiger partial charge in [-0.3, -0.25) is 4.79 Å². The molecule has 0 radical (unpaired) electrons. The van der Waals surface area contributed by atoms with E-state index in [4.69, 9.17) is 10.00 Å². The fourth-order valence-corrected chi connectivity index (χ4v) is 1.39. The number of carbonyl (C=O) groups is 1. The Morgan fingerprint density at radius 1 is 1.64 bits per heavy atom. The van der Waals surface area contributed by atoms with Crippen LogP contribution < -0.4 is 0 Å². The minimum Gasteiger partial charge on any atom is -0.465 e. The van der Waals surface area contributed by atoms with Crippen LogP contribution in [0.3, 0.4) is 0 Å². The molecule has 0 amide bonds. The van der Waals surface area contributed by atoms with E-state index in [0.717, 1.165) is 12.3 Å². The second-order valence-electron chi connectivity index (χ2n) is 4.15. The van der Waals surface area contributed by atoms with Crippen LogP contribution in [-0.2, 0) is 9.53 Å². The van der Waals surface area contributed by atoms with Crippen molar-refractivity contribution in [2.45, 2.75) is 39.5 Å². The maximum absolute atomic E-state index is 11.5. The van der Waals surface area contributed by atoms with Gasteiger partial charge in [0.25, 0.3) is 0 Å². The highest BCUT2D eigenvalue weighted by Crippen LogP contribution is 2.37. The van der Waals surface area contributed by atoms with Gasteiger partial charge in [0.15, 0.2) is 5.41 Å². The number of ether oxygens (including phenoxy) is 1. The number of rotatable bonds is 5. The molecule has 0 N–H and O–H groups in total. The third-order valence-electron chi connectivity index (χ3n) is 2.72. The van der Waals surface area contributed by atoms with Gasteiger partial charge in [-0.1, -0.05) is 12.8 Å². The molecule has 78 valence electrons. The molecule has 1 aliphatic carbocycles. The van der Waals surface area contributed by atoms with Crippen LogP contribution in [0.15, 0.2) is 0 Å². The predicted octanol–water partition coefficient (Wildman–Crippen LogP) is 2.27. The Labute approximate surface area is 85.1 Å². The van der Waals surface area contributed by atoms with E-state index in [0.29, 0.717) is 13.0 Å². The highest BCUT2D eigenvalue weighted by atomic mass is 16.5. The normalized spacial score (nSPS) is 19.5. The van der Waals surface area contributed by atoms with Crippen LogP contribution in [0.1, 0.15) is 39.5 Å². The van der Waals surface area contributed by atoms with E-state index < -0.39 is 5.41 Å². The summed E-state index contributed by atoms with van der Waals surface area (Å²) in [6.07, 6.45) is 4.12. The van der Waals surface area contributed by atoms with Crippen molar-refractivity contribution in [2.75, 3.05) is 6.61 Å². The van der Waals surface area contributed by atoms with Crippen molar-refractivity contribution in [2.24, 2.45) is 11.3 Å². The zero-order valence-electron chi connectivity index (χ0n) is 8.88. The number of nitrogens with zero attached hydrogens (tertiary/aromatic N) is 1. The lowest BCUT2D eigenvalue weighted by Crippen LogP contribution is -2.28. The van der Waals surface area contributed by atoms with E-state index in [-0.39, 0.29) is 5.97 Å². The minimum absolute atomic E-state index is 0.347. The molecule has 1 rings (SSSR count). The highest BCUT2D eigenvalue weighted by molar-refractivity contribution is 5.79. The molecule has 0 aromatic rings. The summed E-state index contributed by atoms with van der Waals surface area (Å²) in [6, 6.07) is 2.07. The topological polar surface area (TPSA) is 50.1 Å². The monoisotopic (exact) mass is 195 g/mol. The van der Waals surface area contributed by atoms with Gasteiger partial charge in [-0.05, 0) is 32.6 Å².